The lowest BCUT2D eigenvalue weighted by Crippen LogP contribution is -2.43. The van der Waals surface area contributed by atoms with Crippen molar-refractivity contribution in [3.63, 3.8) is 0 Å². The molecule has 0 heterocycles. The Balaban J connectivity index is 2.39. The molecule has 1 aliphatic rings. The predicted octanol–water partition coefficient (Wildman–Crippen LogP) is 1.29. The zero-order chi connectivity index (χ0) is 12.7. The fourth-order valence-electron chi connectivity index (χ4n) is 2.55. The molecule has 0 aliphatic heterocycles. The molecule has 1 aliphatic carbocycles. The monoisotopic (exact) mass is 242 g/mol. The fraction of sp³-hybridized carbons (Fsp3) is 0.923. The maximum Gasteiger partial charge on any atom is 0.223 e. The molecule has 1 rings (SSSR count). The molecular weight excluding hydrogens is 216 g/mol. The van der Waals surface area contributed by atoms with E-state index in [0.29, 0.717) is 19.1 Å². The Morgan fingerprint density at radius 2 is 2.18 bits per heavy atom. The van der Waals surface area contributed by atoms with E-state index in [1.165, 1.54) is 6.42 Å². The zero-order valence-electron chi connectivity index (χ0n) is 11.1. The summed E-state index contributed by atoms with van der Waals surface area (Å²) in [5.74, 6) is 0.681. The summed E-state index contributed by atoms with van der Waals surface area (Å²) in [5, 5.41) is 3.07. The first-order chi connectivity index (χ1) is 8.19. The number of hydrogen-bond acceptors (Lipinski definition) is 3. The summed E-state index contributed by atoms with van der Waals surface area (Å²) in [6.07, 6.45) is 5.32. The highest BCUT2D eigenvalue weighted by atomic mass is 16.5. The first-order valence-corrected chi connectivity index (χ1v) is 6.68. The Hall–Kier alpha value is -0.610. The highest BCUT2D eigenvalue weighted by Gasteiger charge is 2.30. The summed E-state index contributed by atoms with van der Waals surface area (Å²) in [6.45, 7) is 3.34. The van der Waals surface area contributed by atoms with E-state index >= 15 is 0 Å². The quantitative estimate of drug-likeness (QED) is 0.737. The molecule has 0 spiro atoms. The molecule has 17 heavy (non-hydrogen) atoms. The van der Waals surface area contributed by atoms with Gasteiger partial charge in [-0.25, -0.2) is 0 Å². The SMILES string of the molecule is COCCC(C)NC(=O)C1CCCCC1CN. The van der Waals surface area contributed by atoms with E-state index in [4.69, 9.17) is 10.5 Å². The van der Waals surface area contributed by atoms with Crippen LogP contribution in [0.1, 0.15) is 39.0 Å². The van der Waals surface area contributed by atoms with Gasteiger partial charge in [0.25, 0.3) is 0 Å². The fourth-order valence-corrected chi connectivity index (χ4v) is 2.55. The van der Waals surface area contributed by atoms with Gasteiger partial charge in [-0.3, -0.25) is 4.79 Å². The van der Waals surface area contributed by atoms with Crippen LogP contribution in [0.15, 0.2) is 0 Å². The van der Waals surface area contributed by atoms with Crippen molar-refractivity contribution < 1.29 is 9.53 Å². The summed E-state index contributed by atoms with van der Waals surface area (Å²) in [5.41, 5.74) is 5.74. The average Bonchev–Trinajstić information content (AvgIpc) is 2.36. The van der Waals surface area contributed by atoms with Gasteiger partial charge in [-0.05, 0) is 38.6 Å². The molecule has 1 fully saturated rings. The Bertz CT molecular complexity index is 233. The Labute approximate surface area is 104 Å². The maximum atomic E-state index is 12.1. The van der Waals surface area contributed by atoms with Gasteiger partial charge in [0.1, 0.15) is 0 Å². The molecule has 0 radical (unpaired) electrons. The number of methoxy groups -OCH3 is 1. The summed E-state index contributed by atoms with van der Waals surface area (Å²) >= 11 is 0. The maximum absolute atomic E-state index is 12.1. The van der Waals surface area contributed by atoms with Gasteiger partial charge in [0.05, 0.1) is 0 Å². The van der Waals surface area contributed by atoms with Crippen molar-refractivity contribution in [3.05, 3.63) is 0 Å². The van der Waals surface area contributed by atoms with Gasteiger partial charge in [0.2, 0.25) is 5.91 Å². The Morgan fingerprint density at radius 3 is 2.82 bits per heavy atom. The van der Waals surface area contributed by atoms with Gasteiger partial charge >= 0.3 is 0 Å². The number of rotatable bonds is 6. The second-order valence-electron chi connectivity index (χ2n) is 5.08. The first kappa shape index (κ1) is 14.5. The number of ether oxygens (including phenoxy) is 1. The van der Waals surface area contributed by atoms with Crippen LogP contribution in [0, 0.1) is 11.8 Å². The molecular formula is C13H26N2O2. The molecule has 3 atom stereocenters. The third-order valence-electron chi connectivity index (χ3n) is 3.69. The minimum absolute atomic E-state index is 0.124. The van der Waals surface area contributed by atoms with Crippen LogP contribution in [-0.4, -0.2) is 32.2 Å². The molecule has 1 saturated carbocycles. The number of nitrogens with two attached hydrogens (primary N) is 1. The third kappa shape index (κ3) is 4.64. The van der Waals surface area contributed by atoms with Crippen LogP contribution in [0.25, 0.3) is 0 Å². The standard InChI is InChI=1S/C13H26N2O2/c1-10(7-8-17-2)15-13(16)12-6-4-3-5-11(12)9-14/h10-12H,3-9,14H2,1-2H3,(H,15,16). The highest BCUT2D eigenvalue weighted by molar-refractivity contribution is 5.79. The molecule has 0 saturated heterocycles. The molecule has 4 nitrogen and oxygen atoms in total. The number of amides is 1. The molecule has 3 unspecified atom stereocenters. The predicted molar refractivity (Wildman–Crippen MR) is 68.6 cm³/mol. The van der Waals surface area contributed by atoms with Gasteiger partial charge in [-0.2, -0.15) is 0 Å². The molecule has 0 bridgehead atoms. The smallest absolute Gasteiger partial charge is 0.223 e. The molecule has 0 aromatic heterocycles. The van der Waals surface area contributed by atoms with Crippen LogP contribution in [-0.2, 0) is 9.53 Å². The van der Waals surface area contributed by atoms with Crippen molar-refractivity contribution in [1.82, 2.24) is 5.32 Å². The van der Waals surface area contributed by atoms with Gasteiger partial charge in [0.15, 0.2) is 0 Å². The first-order valence-electron chi connectivity index (χ1n) is 6.68. The second-order valence-corrected chi connectivity index (χ2v) is 5.08. The van der Waals surface area contributed by atoms with Crippen molar-refractivity contribution in [2.75, 3.05) is 20.3 Å². The van der Waals surface area contributed by atoms with E-state index in [1.807, 2.05) is 6.92 Å². The largest absolute Gasteiger partial charge is 0.385 e. The van der Waals surface area contributed by atoms with Crippen LogP contribution >= 0.6 is 0 Å². The van der Waals surface area contributed by atoms with Crippen LogP contribution in [0.5, 0.6) is 0 Å². The lowest BCUT2D eigenvalue weighted by Gasteiger charge is -2.30. The lowest BCUT2D eigenvalue weighted by molar-refractivity contribution is -0.128. The number of hydrogen-bond donors (Lipinski definition) is 2. The topological polar surface area (TPSA) is 64.3 Å². The lowest BCUT2D eigenvalue weighted by atomic mass is 9.78. The minimum atomic E-state index is 0.124. The summed E-state index contributed by atoms with van der Waals surface area (Å²) in [4.78, 5) is 12.1. The normalized spacial score (nSPS) is 26.5. The van der Waals surface area contributed by atoms with Gasteiger partial charge in [-0.15, -0.1) is 0 Å². The van der Waals surface area contributed by atoms with Crippen molar-refractivity contribution in [2.24, 2.45) is 17.6 Å². The minimum Gasteiger partial charge on any atom is -0.385 e. The average molecular weight is 242 g/mol. The van der Waals surface area contributed by atoms with Gasteiger partial charge in [-0.1, -0.05) is 12.8 Å². The summed E-state index contributed by atoms with van der Waals surface area (Å²) in [6, 6.07) is 0.183. The van der Waals surface area contributed by atoms with Crippen molar-refractivity contribution in [2.45, 2.75) is 45.1 Å². The second kappa shape index (κ2) is 7.67. The number of carbonyl (C=O) groups is 1. The molecule has 0 aromatic carbocycles. The third-order valence-corrected chi connectivity index (χ3v) is 3.69. The molecule has 3 N–H and O–H groups in total. The van der Waals surface area contributed by atoms with Gasteiger partial charge in [0, 0.05) is 25.7 Å². The van der Waals surface area contributed by atoms with E-state index < -0.39 is 0 Å². The molecule has 4 heteroatoms. The van der Waals surface area contributed by atoms with Crippen molar-refractivity contribution >= 4 is 5.91 Å². The van der Waals surface area contributed by atoms with Crippen LogP contribution < -0.4 is 11.1 Å². The molecule has 0 aromatic rings. The van der Waals surface area contributed by atoms with E-state index in [9.17, 15) is 4.79 Å². The van der Waals surface area contributed by atoms with Crippen LogP contribution in [0.4, 0.5) is 0 Å². The van der Waals surface area contributed by atoms with E-state index in [1.54, 1.807) is 7.11 Å². The highest BCUT2D eigenvalue weighted by Crippen LogP contribution is 2.29. The van der Waals surface area contributed by atoms with Crippen LogP contribution in [0.3, 0.4) is 0 Å². The molecule has 1 amide bonds. The van der Waals surface area contributed by atoms with E-state index in [0.717, 1.165) is 25.7 Å². The Kier molecular flexibility index (Phi) is 6.52. The van der Waals surface area contributed by atoms with Crippen molar-refractivity contribution in [3.8, 4) is 0 Å². The van der Waals surface area contributed by atoms with E-state index in [2.05, 4.69) is 5.32 Å². The Morgan fingerprint density at radius 1 is 1.47 bits per heavy atom. The van der Waals surface area contributed by atoms with Crippen molar-refractivity contribution in [1.29, 1.82) is 0 Å². The van der Waals surface area contributed by atoms with Crippen LogP contribution in [0.2, 0.25) is 0 Å². The summed E-state index contributed by atoms with van der Waals surface area (Å²) in [7, 11) is 1.68. The molecule has 100 valence electrons. The number of nitrogens with one attached hydrogen (secondary N) is 1. The zero-order valence-corrected chi connectivity index (χ0v) is 11.1. The number of carbonyl (C=O) groups excluding carboxylic acids is 1. The van der Waals surface area contributed by atoms with Gasteiger partial charge < -0.3 is 15.8 Å². The van der Waals surface area contributed by atoms with E-state index in [-0.39, 0.29) is 17.9 Å². The summed E-state index contributed by atoms with van der Waals surface area (Å²) < 4.78 is 5.01.